The minimum absolute atomic E-state index is 0.0132. The van der Waals surface area contributed by atoms with E-state index in [-0.39, 0.29) is 18.4 Å². The second kappa shape index (κ2) is 7.26. The van der Waals surface area contributed by atoms with E-state index in [0.717, 1.165) is 6.42 Å². The molecule has 1 aliphatic heterocycles. The summed E-state index contributed by atoms with van der Waals surface area (Å²) >= 11 is 0. The molecule has 112 valence electrons. The molecule has 1 aromatic carbocycles. The summed E-state index contributed by atoms with van der Waals surface area (Å²) in [5, 5.41) is 18.7. The number of carbonyl (C=O) groups is 1. The number of amides is 1. The van der Waals surface area contributed by atoms with Gasteiger partial charge < -0.3 is 15.1 Å². The van der Waals surface area contributed by atoms with Gasteiger partial charge in [-0.2, -0.15) is 0 Å². The molecule has 2 unspecified atom stereocenters. The van der Waals surface area contributed by atoms with Gasteiger partial charge in [0.1, 0.15) is 0 Å². The van der Waals surface area contributed by atoms with E-state index in [2.05, 4.69) is 11.8 Å². The Kier molecular flexibility index (Phi) is 5.38. The number of hydrogen-bond donors (Lipinski definition) is 2. The van der Waals surface area contributed by atoms with Gasteiger partial charge in [-0.1, -0.05) is 30.9 Å². The zero-order valence-electron chi connectivity index (χ0n) is 12.2. The highest BCUT2D eigenvalue weighted by atomic mass is 16.3. The summed E-state index contributed by atoms with van der Waals surface area (Å²) in [6, 6.07) is 7.22. The number of nitrogens with zero attached hydrogens (tertiary/aromatic N) is 1. The maximum absolute atomic E-state index is 12.6. The van der Waals surface area contributed by atoms with Crippen molar-refractivity contribution >= 4 is 5.91 Å². The van der Waals surface area contributed by atoms with E-state index in [4.69, 9.17) is 5.11 Å². The first-order valence-corrected chi connectivity index (χ1v) is 7.29. The monoisotopic (exact) mass is 287 g/mol. The molecule has 2 rings (SSSR count). The normalized spacial score (nSPS) is 21.6. The average Bonchev–Trinajstić information content (AvgIpc) is 2.50. The second-order valence-electron chi connectivity index (χ2n) is 5.41. The SMILES string of the molecule is CC1CCN(C(=O)c2ccccc2C#CCCO)CC1O. The predicted molar refractivity (Wildman–Crippen MR) is 80.7 cm³/mol. The standard InChI is InChI=1S/C17H21NO3/c1-13-9-10-18(12-16(13)20)17(21)15-8-3-2-6-14(15)7-4-5-11-19/h2-3,6,8,13,16,19-20H,5,9-12H2,1H3. The smallest absolute Gasteiger partial charge is 0.255 e. The van der Waals surface area contributed by atoms with Crippen molar-refractivity contribution in [2.24, 2.45) is 5.92 Å². The Balaban J connectivity index is 2.18. The van der Waals surface area contributed by atoms with Gasteiger partial charge in [0.15, 0.2) is 0 Å². The first-order valence-electron chi connectivity index (χ1n) is 7.29. The molecule has 2 N–H and O–H groups in total. The van der Waals surface area contributed by atoms with Crippen molar-refractivity contribution in [2.45, 2.75) is 25.9 Å². The summed E-state index contributed by atoms with van der Waals surface area (Å²) in [6.07, 6.45) is 0.739. The van der Waals surface area contributed by atoms with Gasteiger partial charge in [0.25, 0.3) is 5.91 Å². The molecular weight excluding hydrogens is 266 g/mol. The summed E-state index contributed by atoms with van der Waals surface area (Å²) in [5.41, 5.74) is 1.23. The molecule has 21 heavy (non-hydrogen) atoms. The molecule has 0 bridgehead atoms. The molecule has 1 heterocycles. The van der Waals surface area contributed by atoms with Crippen LogP contribution in [-0.2, 0) is 0 Å². The molecule has 0 spiro atoms. The molecule has 1 aromatic rings. The van der Waals surface area contributed by atoms with Crippen molar-refractivity contribution in [2.75, 3.05) is 19.7 Å². The molecule has 4 heteroatoms. The highest BCUT2D eigenvalue weighted by Crippen LogP contribution is 2.20. The van der Waals surface area contributed by atoms with Crippen molar-refractivity contribution in [3.8, 4) is 11.8 Å². The quantitative estimate of drug-likeness (QED) is 0.805. The molecule has 0 aliphatic carbocycles. The number of rotatable bonds is 2. The molecule has 1 amide bonds. The van der Waals surface area contributed by atoms with Crippen LogP contribution in [0, 0.1) is 17.8 Å². The van der Waals surface area contributed by atoms with Crippen LogP contribution in [0.1, 0.15) is 35.7 Å². The van der Waals surface area contributed by atoms with Crippen LogP contribution in [0.4, 0.5) is 0 Å². The number of aliphatic hydroxyl groups excluding tert-OH is 2. The molecule has 4 nitrogen and oxygen atoms in total. The van der Waals surface area contributed by atoms with E-state index >= 15 is 0 Å². The molecule has 1 aliphatic rings. The predicted octanol–water partition coefficient (Wildman–Crippen LogP) is 1.26. The lowest BCUT2D eigenvalue weighted by molar-refractivity contribution is 0.0248. The minimum Gasteiger partial charge on any atom is -0.395 e. The van der Waals surface area contributed by atoms with Crippen LogP contribution in [0.5, 0.6) is 0 Å². The van der Waals surface area contributed by atoms with Crippen LogP contribution in [0.2, 0.25) is 0 Å². The zero-order valence-corrected chi connectivity index (χ0v) is 12.2. The van der Waals surface area contributed by atoms with Crippen LogP contribution < -0.4 is 0 Å². The van der Waals surface area contributed by atoms with Crippen LogP contribution in [-0.4, -0.2) is 46.8 Å². The molecule has 0 aromatic heterocycles. The zero-order chi connectivity index (χ0) is 15.2. The lowest BCUT2D eigenvalue weighted by Crippen LogP contribution is -2.46. The van der Waals surface area contributed by atoms with Crippen molar-refractivity contribution in [3.63, 3.8) is 0 Å². The molecule has 1 fully saturated rings. The van der Waals surface area contributed by atoms with Gasteiger partial charge in [-0.15, -0.1) is 0 Å². The second-order valence-corrected chi connectivity index (χ2v) is 5.41. The lowest BCUT2D eigenvalue weighted by Gasteiger charge is -2.34. The van der Waals surface area contributed by atoms with Crippen LogP contribution in [0.3, 0.4) is 0 Å². The fourth-order valence-electron chi connectivity index (χ4n) is 2.40. The first kappa shape index (κ1) is 15.6. The summed E-state index contributed by atoms with van der Waals surface area (Å²) < 4.78 is 0. The van der Waals surface area contributed by atoms with Crippen molar-refractivity contribution in [3.05, 3.63) is 35.4 Å². The van der Waals surface area contributed by atoms with Crippen molar-refractivity contribution in [1.82, 2.24) is 4.90 Å². The van der Waals surface area contributed by atoms with Gasteiger partial charge in [0.2, 0.25) is 0 Å². The number of benzene rings is 1. The molecule has 1 saturated heterocycles. The fraction of sp³-hybridized carbons (Fsp3) is 0.471. The van der Waals surface area contributed by atoms with E-state index in [1.807, 2.05) is 19.1 Å². The highest BCUT2D eigenvalue weighted by Gasteiger charge is 2.28. The molecular formula is C17H21NO3. The van der Waals surface area contributed by atoms with E-state index in [1.54, 1.807) is 17.0 Å². The number of aliphatic hydroxyl groups is 2. The Morgan fingerprint density at radius 3 is 2.90 bits per heavy atom. The third kappa shape index (κ3) is 3.84. The maximum Gasteiger partial charge on any atom is 0.255 e. The Hall–Kier alpha value is -1.83. The average molecular weight is 287 g/mol. The Morgan fingerprint density at radius 1 is 1.43 bits per heavy atom. The number of β-amino-alcohol motifs (C(OH)–C–C–N with tert-alkyl or cyclic N) is 1. The number of hydrogen-bond acceptors (Lipinski definition) is 3. The fourth-order valence-corrected chi connectivity index (χ4v) is 2.40. The summed E-state index contributed by atoms with van der Waals surface area (Å²) in [6.45, 7) is 3.05. The van der Waals surface area contributed by atoms with Gasteiger partial charge in [0, 0.05) is 25.1 Å². The maximum atomic E-state index is 12.6. The van der Waals surface area contributed by atoms with Gasteiger partial charge in [-0.25, -0.2) is 0 Å². The largest absolute Gasteiger partial charge is 0.395 e. The molecule has 0 saturated carbocycles. The Morgan fingerprint density at radius 2 is 2.19 bits per heavy atom. The topological polar surface area (TPSA) is 60.8 Å². The van der Waals surface area contributed by atoms with Crippen LogP contribution >= 0.6 is 0 Å². The van der Waals surface area contributed by atoms with Crippen molar-refractivity contribution in [1.29, 1.82) is 0 Å². The van der Waals surface area contributed by atoms with Gasteiger partial charge in [-0.05, 0) is 24.5 Å². The lowest BCUT2D eigenvalue weighted by atomic mass is 9.95. The van der Waals surface area contributed by atoms with Gasteiger partial charge in [0.05, 0.1) is 18.3 Å². The number of likely N-dealkylation sites (tertiary alicyclic amines) is 1. The van der Waals surface area contributed by atoms with E-state index in [0.29, 0.717) is 30.6 Å². The van der Waals surface area contributed by atoms with E-state index in [9.17, 15) is 9.90 Å². The van der Waals surface area contributed by atoms with E-state index in [1.165, 1.54) is 0 Å². The van der Waals surface area contributed by atoms with Crippen LogP contribution in [0.25, 0.3) is 0 Å². The van der Waals surface area contributed by atoms with Gasteiger partial charge >= 0.3 is 0 Å². The highest BCUT2D eigenvalue weighted by molar-refractivity contribution is 5.96. The number of piperidine rings is 1. The molecule has 2 atom stereocenters. The third-order valence-corrected chi connectivity index (χ3v) is 3.82. The summed E-state index contributed by atoms with van der Waals surface area (Å²) in [4.78, 5) is 14.3. The molecule has 0 radical (unpaired) electrons. The summed E-state index contributed by atoms with van der Waals surface area (Å²) in [7, 11) is 0. The first-order chi connectivity index (χ1) is 10.1. The third-order valence-electron chi connectivity index (χ3n) is 3.82. The van der Waals surface area contributed by atoms with E-state index < -0.39 is 6.10 Å². The minimum atomic E-state index is -0.463. The summed E-state index contributed by atoms with van der Waals surface area (Å²) in [5.74, 6) is 5.92. The Bertz CT molecular complexity index is 559. The Labute approximate surface area is 125 Å². The van der Waals surface area contributed by atoms with Gasteiger partial charge in [-0.3, -0.25) is 4.79 Å². The van der Waals surface area contributed by atoms with Crippen LogP contribution in [0.15, 0.2) is 24.3 Å². The van der Waals surface area contributed by atoms with Crippen molar-refractivity contribution < 1.29 is 15.0 Å². The number of carbonyl (C=O) groups excluding carboxylic acids is 1.